The Bertz CT molecular complexity index is 590. The number of ether oxygens (including phenoxy) is 1. The zero-order valence-electron chi connectivity index (χ0n) is 11.4. The summed E-state index contributed by atoms with van der Waals surface area (Å²) < 4.78 is 43.2. The van der Waals surface area contributed by atoms with Crippen molar-refractivity contribution >= 4 is 5.82 Å². The fourth-order valence-electron chi connectivity index (χ4n) is 2.15. The van der Waals surface area contributed by atoms with E-state index >= 15 is 0 Å². The molecular weight excluding hydrogens is 283 g/mol. The van der Waals surface area contributed by atoms with Crippen molar-refractivity contribution in [3.8, 4) is 6.07 Å². The lowest BCUT2D eigenvalue weighted by molar-refractivity contribution is -0.141. The standard InChI is InChI=1S/C14H14F3N3O/c1-21-9-10-4-6-20(7-5-10)13-11(8-18)2-3-12(19-13)14(15,16)17/h2-4H,5-7,9H2,1H3. The first-order chi connectivity index (χ1) is 9.95. The van der Waals surface area contributed by atoms with Gasteiger partial charge in [0, 0.05) is 20.2 Å². The van der Waals surface area contributed by atoms with Crippen molar-refractivity contribution in [2.75, 3.05) is 31.7 Å². The van der Waals surface area contributed by atoms with Crippen LogP contribution in [0.1, 0.15) is 17.7 Å². The molecular formula is C14H14F3N3O. The topological polar surface area (TPSA) is 49.1 Å². The maximum Gasteiger partial charge on any atom is 0.433 e. The van der Waals surface area contributed by atoms with Crippen molar-refractivity contribution in [2.24, 2.45) is 0 Å². The fourth-order valence-corrected chi connectivity index (χ4v) is 2.15. The highest BCUT2D eigenvalue weighted by molar-refractivity contribution is 5.55. The van der Waals surface area contributed by atoms with Gasteiger partial charge in [-0.05, 0) is 24.1 Å². The Morgan fingerprint density at radius 2 is 2.19 bits per heavy atom. The smallest absolute Gasteiger partial charge is 0.380 e. The highest BCUT2D eigenvalue weighted by atomic mass is 19.4. The molecule has 0 saturated heterocycles. The van der Waals surface area contributed by atoms with E-state index in [1.54, 1.807) is 12.0 Å². The summed E-state index contributed by atoms with van der Waals surface area (Å²) in [5.74, 6) is 0.0834. The predicted molar refractivity (Wildman–Crippen MR) is 70.7 cm³/mol. The second kappa shape index (κ2) is 6.14. The highest BCUT2D eigenvalue weighted by Gasteiger charge is 2.33. The normalized spacial score (nSPS) is 15.6. The summed E-state index contributed by atoms with van der Waals surface area (Å²) in [5.41, 5.74) is 0.258. The molecule has 0 fully saturated rings. The van der Waals surface area contributed by atoms with Gasteiger partial charge in [0.15, 0.2) is 0 Å². The van der Waals surface area contributed by atoms with E-state index in [4.69, 9.17) is 10.00 Å². The Labute approximate surface area is 120 Å². The molecule has 0 aliphatic carbocycles. The van der Waals surface area contributed by atoms with E-state index in [2.05, 4.69) is 4.98 Å². The van der Waals surface area contributed by atoms with Gasteiger partial charge in [-0.2, -0.15) is 18.4 Å². The van der Waals surface area contributed by atoms with E-state index in [9.17, 15) is 13.2 Å². The quantitative estimate of drug-likeness (QED) is 0.805. The lowest BCUT2D eigenvalue weighted by Gasteiger charge is -2.28. The van der Waals surface area contributed by atoms with Gasteiger partial charge in [-0.25, -0.2) is 4.98 Å². The lowest BCUT2D eigenvalue weighted by atomic mass is 10.1. The third kappa shape index (κ3) is 3.52. The first kappa shape index (κ1) is 15.3. The van der Waals surface area contributed by atoms with Gasteiger partial charge in [0.05, 0.1) is 12.2 Å². The van der Waals surface area contributed by atoms with Crippen molar-refractivity contribution in [1.82, 2.24) is 4.98 Å². The number of alkyl halides is 3. The summed E-state index contributed by atoms with van der Waals surface area (Å²) in [6.45, 7) is 1.44. The number of aromatic nitrogens is 1. The summed E-state index contributed by atoms with van der Waals surface area (Å²) in [5, 5.41) is 9.05. The Morgan fingerprint density at radius 3 is 2.71 bits per heavy atom. The molecule has 0 radical (unpaired) electrons. The van der Waals surface area contributed by atoms with E-state index < -0.39 is 11.9 Å². The van der Waals surface area contributed by atoms with Crippen LogP contribution in [0.25, 0.3) is 0 Å². The van der Waals surface area contributed by atoms with Crippen molar-refractivity contribution < 1.29 is 17.9 Å². The van der Waals surface area contributed by atoms with Gasteiger partial charge in [0.2, 0.25) is 0 Å². The molecule has 0 amide bonds. The second-order valence-electron chi connectivity index (χ2n) is 4.67. The Hall–Kier alpha value is -2.07. The first-order valence-electron chi connectivity index (χ1n) is 6.36. The van der Waals surface area contributed by atoms with Crippen LogP contribution in [-0.2, 0) is 10.9 Å². The summed E-state index contributed by atoms with van der Waals surface area (Å²) in [4.78, 5) is 5.30. The van der Waals surface area contributed by atoms with Crippen LogP contribution in [0, 0.1) is 11.3 Å². The van der Waals surface area contributed by atoms with E-state index in [0.29, 0.717) is 26.1 Å². The van der Waals surface area contributed by atoms with Crippen LogP contribution in [0.15, 0.2) is 23.8 Å². The minimum absolute atomic E-state index is 0.0834. The van der Waals surface area contributed by atoms with Crippen LogP contribution in [0.5, 0.6) is 0 Å². The van der Waals surface area contributed by atoms with E-state index in [0.717, 1.165) is 11.6 Å². The van der Waals surface area contributed by atoms with Gasteiger partial charge < -0.3 is 9.64 Å². The van der Waals surface area contributed by atoms with Crippen LogP contribution in [0.2, 0.25) is 0 Å². The number of hydrogen-bond donors (Lipinski definition) is 0. The SMILES string of the molecule is COCC1=CCN(c2nc(C(F)(F)F)ccc2C#N)CC1. The Balaban J connectivity index is 2.29. The molecule has 112 valence electrons. The molecule has 0 atom stereocenters. The molecule has 2 heterocycles. The molecule has 1 aliphatic heterocycles. The minimum Gasteiger partial charge on any atom is -0.380 e. The number of rotatable bonds is 3. The molecule has 0 unspecified atom stereocenters. The van der Waals surface area contributed by atoms with Gasteiger partial charge in [0.1, 0.15) is 17.6 Å². The summed E-state index contributed by atoms with van der Waals surface area (Å²) in [6, 6.07) is 3.89. The zero-order chi connectivity index (χ0) is 15.5. The van der Waals surface area contributed by atoms with Gasteiger partial charge in [-0.3, -0.25) is 0 Å². The highest BCUT2D eigenvalue weighted by Crippen LogP contribution is 2.31. The molecule has 0 aromatic carbocycles. The van der Waals surface area contributed by atoms with Crippen LogP contribution in [0.3, 0.4) is 0 Å². The second-order valence-corrected chi connectivity index (χ2v) is 4.67. The van der Waals surface area contributed by atoms with Crippen molar-refractivity contribution in [1.29, 1.82) is 5.26 Å². The number of nitrogens with zero attached hydrogens (tertiary/aromatic N) is 3. The molecule has 0 spiro atoms. The van der Waals surface area contributed by atoms with E-state index in [1.807, 2.05) is 12.1 Å². The number of nitriles is 1. The molecule has 4 nitrogen and oxygen atoms in total. The first-order valence-corrected chi connectivity index (χ1v) is 6.36. The molecule has 21 heavy (non-hydrogen) atoms. The average Bonchev–Trinajstić information content (AvgIpc) is 2.47. The summed E-state index contributed by atoms with van der Waals surface area (Å²) >= 11 is 0. The maximum atomic E-state index is 12.7. The minimum atomic E-state index is -4.52. The zero-order valence-corrected chi connectivity index (χ0v) is 11.4. The molecule has 0 bridgehead atoms. The number of halogens is 3. The number of hydrogen-bond acceptors (Lipinski definition) is 4. The van der Waals surface area contributed by atoms with E-state index in [-0.39, 0.29) is 11.4 Å². The molecule has 7 heteroatoms. The number of methoxy groups -OCH3 is 1. The monoisotopic (exact) mass is 297 g/mol. The maximum absolute atomic E-state index is 12.7. The largest absolute Gasteiger partial charge is 0.433 e. The van der Waals surface area contributed by atoms with Crippen LogP contribution < -0.4 is 4.90 Å². The number of anilines is 1. The molecule has 1 aromatic heterocycles. The summed E-state index contributed by atoms with van der Waals surface area (Å²) in [6.07, 6.45) is -1.94. The van der Waals surface area contributed by atoms with Gasteiger partial charge >= 0.3 is 6.18 Å². The van der Waals surface area contributed by atoms with Crippen LogP contribution in [-0.4, -0.2) is 31.8 Å². The third-order valence-corrected chi connectivity index (χ3v) is 3.22. The molecule has 1 aliphatic rings. The lowest BCUT2D eigenvalue weighted by Crippen LogP contribution is -2.31. The van der Waals surface area contributed by atoms with Crippen LogP contribution >= 0.6 is 0 Å². The average molecular weight is 297 g/mol. The number of pyridine rings is 1. The molecule has 1 aromatic rings. The Morgan fingerprint density at radius 1 is 1.43 bits per heavy atom. The van der Waals surface area contributed by atoms with Crippen molar-refractivity contribution in [2.45, 2.75) is 12.6 Å². The Kier molecular flexibility index (Phi) is 4.48. The van der Waals surface area contributed by atoms with E-state index in [1.165, 1.54) is 6.07 Å². The fraction of sp³-hybridized carbons (Fsp3) is 0.429. The summed E-state index contributed by atoms with van der Waals surface area (Å²) in [7, 11) is 1.59. The van der Waals surface area contributed by atoms with Crippen molar-refractivity contribution in [3.05, 3.63) is 35.0 Å². The third-order valence-electron chi connectivity index (χ3n) is 3.22. The van der Waals surface area contributed by atoms with Crippen LogP contribution in [0.4, 0.5) is 19.0 Å². The molecule has 2 rings (SSSR count). The predicted octanol–water partition coefficient (Wildman–Crippen LogP) is 2.75. The molecule has 0 N–H and O–H groups in total. The van der Waals surface area contributed by atoms with Gasteiger partial charge in [-0.15, -0.1) is 0 Å². The van der Waals surface area contributed by atoms with Gasteiger partial charge in [-0.1, -0.05) is 6.08 Å². The van der Waals surface area contributed by atoms with Crippen molar-refractivity contribution in [3.63, 3.8) is 0 Å². The molecule has 0 saturated carbocycles. The van der Waals surface area contributed by atoms with Gasteiger partial charge in [0.25, 0.3) is 0 Å².